The van der Waals surface area contributed by atoms with Crippen molar-refractivity contribution in [2.24, 2.45) is 5.73 Å². The molecule has 0 saturated heterocycles. The summed E-state index contributed by atoms with van der Waals surface area (Å²) in [6.07, 6.45) is 0. The van der Waals surface area contributed by atoms with Gasteiger partial charge in [-0.15, -0.1) is 0 Å². The van der Waals surface area contributed by atoms with Gasteiger partial charge in [0.1, 0.15) is 5.82 Å². The number of halogens is 1. The average molecular weight is 303 g/mol. The Morgan fingerprint density at radius 3 is 2.65 bits per heavy atom. The summed E-state index contributed by atoms with van der Waals surface area (Å²) in [5, 5.41) is 2.50. The average Bonchev–Trinajstić information content (AvgIpc) is 2.38. The molecule has 0 heterocycles. The maximum Gasteiger partial charge on any atom is 0.243 e. The van der Waals surface area contributed by atoms with E-state index in [0.717, 1.165) is 10.4 Å². The van der Waals surface area contributed by atoms with E-state index in [4.69, 9.17) is 5.73 Å². The first-order valence-electron chi connectivity index (χ1n) is 6.05. The van der Waals surface area contributed by atoms with Gasteiger partial charge in [-0.2, -0.15) is 4.31 Å². The third-order valence-electron chi connectivity index (χ3n) is 2.71. The maximum atomic E-state index is 13.6. The van der Waals surface area contributed by atoms with Crippen LogP contribution in [0, 0.1) is 5.82 Å². The summed E-state index contributed by atoms with van der Waals surface area (Å²) in [6.45, 7) is 1.55. The second-order valence-corrected chi connectivity index (χ2v) is 6.15. The number of carbonyl (C=O) groups excluding carboxylic acids is 1. The van der Waals surface area contributed by atoms with E-state index in [1.165, 1.54) is 19.2 Å². The second-order valence-electron chi connectivity index (χ2n) is 4.14. The van der Waals surface area contributed by atoms with E-state index in [1.807, 2.05) is 0 Å². The molecule has 0 aliphatic carbocycles. The molecule has 8 heteroatoms. The highest BCUT2D eigenvalue weighted by molar-refractivity contribution is 7.89. The Bertz CT molecular complexity index is 590. The SMILES string of the molecule is CCNC(=O)CN(C)S(=O)(=O)c1cccc(F)c1CN. The topological polar surface area (TPSA) is 92.5 Å². The first kappa shape index (κ1) is 16.5. The molecule has 20 heavy (non-hydrogen) atoms. The number of carbonyl (C=O) groups is 1. The van der Waals surface area contributed by atoms with Crippen LogP contribution in [-0.4, -0.2) is 38.8 Å². The summed E-state index contributed by atoms with van der Waals surface area (Å²) in [4.78, 5) is 11.2. The van der Waals surface area contributed by atoms with Crippen molar-refractivity contribution in [1.82, 2.24) is 9.62 Å². The Hall–Kier alpha value is -1.51. The second kappa shape index (κ2) is 6.78. The van der Waals surface area contributed by atoms with E-state index in [0.29, 0.717) is 6.54 Å². The number of nitrogens with zero attached hydrogens (tertiary/aromatic N) is 1. The van der Waals surface area contributed by atoms with Crippen LogP contribution in [0.25, 0.3) is 0 Å². The molecular weight excluding hydrogens is 285 g/mol. The lowest BCUT2D eigenvalue weighted by atomic mass is 10.2. The van der Waals surface area contributed by atoms with Gasteiger partial charge in [-0.25, -0.2) is 12.8 Å². The minimum atomic E-state index is -3.97. The number of hydrogen-bond donors (Lipinski definition) is 2. The van der Waals surface area contributed by atoms with E-state index in [1.54, 1.807) is 6.92 Å². The molecule has 0 fully saturated rings. The van der Waals surface area contributed by atoms with Crippen LogP contribution in [0.5, 0.6) is 0 Å². The molecule has 0 aliphatic heterocycles. The fourth-order valence-electron chi connectivity index (χ4n) is 1.69. The van der Waals surface area contributed by atoms with Crippen LogP contribution in [0.1, 0.15) is 12.5 Å². The number of nitrogens with two attached hydrogens (primary N) is 1. The first-order valence-corrected chi connectivity index (χ1v) is 7.49. The summed E-state index contributed by atoms with van der Waals surface area (Å²) >= 11 is 0. The molecule has 1 aromatic rings. The molecule has 0 saturated carbocycles. The van der Waals surface area contributed by atoms with Crippen molar-refractivity contribution in [3.63, 3.8) is 0 Å². The lowest BCUT2D eigenvalue weighted by Gasteiger charge is -2.18. The zero-order valence-corrected chi connectivity index (χ0v) is 12.2. The number of nitrogens with one attached hydrogen (secondary N) is 1. The lowest BCUT2D eigenvalue weighted by Crippen LogP contribution is -2.38. The maximum absolute atomic E-state index is 13.6. The Kier molecular flexibility index (Phi) is 5.61. The van der Waals surface area contributed by atoms with Crippen LogP contribution in [-0.2, 0) is 21.4 Å². The number of sulfonamides is 1. The van der Waals surface area contributed by atoms with Gasteiger partial charge in [0.15, 0.2) is 0 Å². The van der Waals surface area contributed by atoms with Crippen molar-refractivity contribution in [2.45, 2.75) is 18.4 Å². The largest absolute Gasteiger partial charge is 0.355 e. The fraction of sp³-hybridized carbons (Fsp3) is 0.417. The quantitative estimate of drug-likeness (QED) is 0.776. The van der Waals surface area contributed by atoms with Crippen molar-refractivity contribution in [2.75, 3.05) is 20.1 Å². The first-order chi connectivity index (χ1) is 9.34. The van der Waals surface area contributed by atoms with Gasteiger partial charge >= 0.3 is 0 Å². The molecule has 0 unspecified atom stereocenters. The Balaban J connectivity index is 3.11. The smallest absolute Gasteiger partial charge is 0.243 e. The van der Waals surface area contributed by atoms with Crippen LogP contribution in [0.4, 0.5) is 4.39 Å². The Morgan fingerprint density at radius 2 is 2.10 bits per heavy atom. The van der Waals surface area contributed by atoms with Crippen molar-refractivity contribution in [3.8, 4) is 0 Å². The van der Waals surface area contributed by atoms with Crippen molar-refractivity contribution in [1.29, 1.82) is 0 Å². The van der Waals surface area contributed by atoms with Gasteiger partial charge in [-0.1, -0.05) is 6.07 Å². The predicted octanol–water partition coefficient (Wildman–Crippen LogP) is 0.0410. The van der Waals surface area contributed by atoms with Crippen LogP contribution in [0.2, 0.25) is 0 Å². The van der Waals surface area contributed by atoms with E-state index < -0.39 is 21.7 Å². The van der Waals surface area contributed by atoms with Crippen molar-refractivity contribution < 1.29 is 17.6 Å². The third kappa shape index (κ3) is 3.53. The molecule has 0 aliphatic rings. The summed E-state index contributed by atoms with van der Waals surface area (Å²) in [6, 6.07) is 3.71. The van der Waals surface area contributed by atoms with Gasteiger partial charge in [0.05, 0.1) is 11.4 Å². The fourth-order valence-corrected chi connectivity index (χ4v) is 3.05. The lowest BCUT2D eigenvalue weighted by molar-refractivity contribution is -0.121. The van der Waals surface area contributed by atoms with E-state index in [2.05, 4.69) is 5.32 Å². The van der Waals surface area contributed by atoms with E-state index >= 15 is 0 Å². The summed E-state index contributed by atoms with van der Waals surface area (Å²) in [7, 11) is -2.71. The molecule has 0 atom stereocenters. The molecule has 3 N–H and O–H groups in total. The van der Waals surface area contributed by atoms with Gasteiger partial charge in [-0.05, 0) is 19.1 Å². The summed E-state index contributed by atoms with van der Waals surface area (Å²) < 4.78 is 39.1. The Labute approximate surface area is 117 Å². The van der Waals surface area contributed by atoms with Gasteiger partial charge in [-0.3, -0.25) is 4.79 Å². The number of benzene rings is 1. The van der Waals surface area contributed by atoms with Gasteiger partial charge in [0.2, 0.25) is 15.9 Å². The van der Waals surface area contributed by atoms with Crippen molar-refractivity contribution in [3.05, 3.63) is 29.6 Å². The normalized spacial score (nSPS) is 11.7. The van der Waals surface area contributed by atoms with Crippen LogP contribution >= 0.6 is 0 Å². The number of amides is 1. The molecule has 0 spiro atoms. The van der Waals surface area contributed by atoms with Gasteiger partial charge in [0, 0.05) is 25.7 Å². The van der Waals surface area contributed by atoms with Gasteiger partial charge < -0.3 is 11.1 Å². The zero-order chi connectivity index (χ0) is 15.3. The van der Waals surface area contributed by atoms with Crippen LogP contribution < -0.4 is 11.1 Å². The molecule has 0 aromatic heterocycles. The molecule has 112 valence electrons. The molecule has 1 aromatic carbocycles. The molecule has 1 rings (SSSR count). The molecule has 0 bridgehead atoms. The highest BCUT2D eigenvalue weighted by Crippen LogP contribution is 2.21. The van der Waals surface area contributed by atoms with E-state index in [9.17, 15) is 17.6 Å². The number of rotatable bonds is 6. The van der Waals surface area contributed by atoms with Crippen LogP contribution in [0.15, 0.2) is 23.1 Å². The predicted molar refractivity (Wildman–Crippen MR) is 72.8 cm³/mol. The molecular formula is C12H18FN3O3S. The zero-order valence-electron chi connectivity index (χ0n) is 11.4. The molecule has 1 amide bonds. The highest BCUT2D eigenvalue weighted by Gasteiger charge is 2.26. The Morgan fingerprint density at radius 1 is 1.45 bits per heavy atom. The van der Waals surface area contributed by atoms with Gasteiger partial charge in [0.25, 0.3) is 0 Å². The highest BCUT2D eigenvalue weighted by atomic mass is 32.2. The molecule has 6 nitrogen and oxygen atoms in total. The summed E-state index contributed by atoms with van der Waals surface area (Å²) in [5.74, 6) is -1.11. The van der Waals surface area contributed by atoms with E-state index in [-0.39, 0.29) is 23.5 Å². The number of likely N-dealkylation sites (N-methyl/N-ethyl adjacent to an activating group) is 2. The number of hydrogen-bond acceptors (Lipinski definition) is 4. The van der Waals surface area contributed by atoms with Crippen LogP contribution in [0.3, 0.4) is 0 Å². The summed E-state index contributed by atoms with van der Waals surface area (Å²) in [5.41, 5.74) is 5.31. The monoisotopic (exact) mass is 303 g/mol. The standard InChI is InChI=1S/C12H18FN3O3S/c1-3-15-12(17)8-16(2)20(18,19)11-6-4-5-10(13)9(11)7-14/h4-6H,3,7-8,14H2,1-2H3,(H,15,17). The van der Waals surface area contributed by atoms with Crippen molar-refractivity contribution >= 4 is 15.9 Å². The third-order valence-corrected chi connectivity index (χ3v) is 4.60. The minimum absolute atomic E-state index is 0.0877. The molecule has 0 radical (unpaired) electrons. The minimum Gasteiger partial charge on any atom is -0.355 e.